The summed E-state index contributed by atoms with van der Waals surface area (Å²) in [6.07, 6.45) is 85.2. The zero-order chi connectivity index (χ0) is 70.9. The van der Waals surface area contributed by atoms with Crippen molar-refractivity contribution >= 4 is 33.6 Å². The van der Waals surface area contributed by atoms with E-state index >= 15 is 0 Å². The van der Waals surface area contributed by atoms with E-state index in [4.69, 9.17) is 32.3 Å². The van der Waals surface area contributed by atoms with Crippen LogP contribution in [0.3, 0.4) is 0 Å². The van der Waals surface area contributed by atoms with Crippen molar-refractivity contribution in [1.82, 2.24) is 0 Å². The zero-order valence-corrected chi connectivity index (χ0v) is 62.2. The summed E-state index contributed by atoms with van der Waals surface area (Å²) < 4.78 is 60.9. The Hall–Kier alpha value is -4.31. The van der Waals surface area contributed by atoms with Crippen LogP contribution in [-0.2, 0) is 55.8 Å². The molecule has 0 aromatic carbocycles. The summed E-state index contributed by atoms with van der Waals surface area (Å²) in [5.74, 6) is -1.61. The highest BCUT2D eigenvalue weighted by Gasteiger charge is 2.29. The largest absolute Gasteiger partial charge is 0.472 e. The third-order valence-electron chi connectivity index (χ3n) is 15.4. The minimum atomic E-state index is -4.93. The molecule has 0 aliphatic carbocycles. The van der Waals surface area contributed by atoms with Crippen LogP contribution in [0.1, 0.15) is 290 Å². The Morgan fingerprint density at radius 3 is 0.876 bits per heavy atom. The molecule has 556 valence electrons. The molecule has 0 saturated carbocycles. The third kappa shape index (κ3) is 72.8. The van der Waals surface area contributed by atoms with Crippen molar-refractivity contribution in [2.75, 3.05) is 39.6 Å². The lowest BCUT2D eigenvalue weighted by Gasteiger charge is -2.21. The average molecular weight is 1400 g/mol. The summed E-state index contributed by atoms with van der Waals surface area (Å²) in [5, 5.41) is 20.6. The van der Waals surface area contributed by atoms with Gasteiger partial charge >= 0.3 is 33.6 Å². The van der Waals surface area contributed by atoms with Crippen molar-refractivity contribution in [2.45, 2.75) is 309 Å². The topological polar surface area (TPSA) is 231 Å². The van der Waals surface area contributed by atoms with Crippen LogP contribution in [-0.4, -0.2) is 95.9 Å². The van der Waals surface area contributed by atoms with E-state index in [2.05, 4.69) is 154 Å². The molecule has 0 spiro atoms. The molecule has 0 bridgehead atoms. The van der Waals surface area contributed by atoms with Gasteiger partial charge < -0.3 is 34.2 Å². The molecule has 5 unspecified atom stereocenters. The van der Waals surface area contributed by atoms with Gasteiger partial charge in [-0.2, -0.15) is 0 Å². The molecule has 0 amide bonds. The Kier molecular flexibility index (Phi) is 68.3. The fourth-order valence-electron chi connectivity index (χ4n) is 9.72. The van der Waals surface area contributed by atoms with Crippen molar-refractivity contribution in [2.24, 2.45) is 0 Å². The van der Waals surface area contributed by atoms with Crippen LogP contribution in [0.5, 0.6) is 0 Å². The van der Waals surface area contributed by atoms with E-state index in [1.54, 1.807) is 0 Å². The minimum Gasteiger partial charge on any atom is -0.463 e. The first kappa shape index (κ1) is 92.7. The summed E-state index contributed by atoms with van der Waals surface area (Å²) in [6, 6.07) is 0. The molecule has 97 heavy (non-hydrogen) atoms. The van der Waals surface area contributed by atoms with Gasteiger partial charge in [-0.15, -0.1) is 0 Å². The van der Waals surface area contributed by atoms with E-state index in [1.165, 1.54) is 89.9 Å². The molecule has 0 heterocycles. The molecule has 0 radical (unpaired) electrons. The lowest BCUT2D eigenvalue weighted by atomic mass is 10.0. The Labute approximate surface area is 588 Å². The van der Waals surface area contributed by atoms with Gasteiger partial charge in [0.05, 0.1) is 26.4 Å². The second kappa shape index (κ2) is 71.5. The first-order valence-corrected chi connectivity index (χ1v) is 40.5. The minimum absolute atomic E-state index is 0.0971. The van der Waals surface area contributed by atoms with Gasteiger partial charge in [-0.05, 0) is 116 Å². The molecule has 18 heteroatoms. The molecule has 0 aromatic rings. The van der Waals surface area contributed by atoms with Gasteiger partial charge in [-0.25, -0.2) is 9.13 Å². The molecule has 0 rings (SSSR count). The highest BCUT2D eigenvalue weighted by molar-refractivity contribution is 7.47. The van der Waals surface area contributed by atoms with Crippen molar-refractivity contribution in [3.8, 4) is 0 Å². The van der Waals surface area contributed by atoms with E-state index in [0.29, 0.717) is 19.3 Å². The van der Waals surface area contributed by atoms with E-state index in [0.717, 1.165) is 141 Å². The molecule has 0 aliphatic heterocycles. The normalized spacial score (nSPS) is 14.8. The van der Waals surface area contributed by atoms with Gasteiger partial charge in [0.15, 0.2) is 6.10 Å². The number of aliphatic hydroxyl groups is 2. The summed E-state index contributed by atoms with van der Waals surface area (Å²) >= 11 is 0. The molecule has 0 saturated heterocycles. The maximum absolute atomic E-state index is 12.9. The average Bonchev–Trinajstić information content (AvgIpc) is 2.81. The number of aliphatic hydroxyl groups excluding tert-OH is 2. The SMILES string of the molecule is CC/C=C\C/C=C\C/C=C\C/C=C\C/C=C\C/C=C\CCCCCCCCCCCCCCC(=O)OCC(O)COP(=O)(O)OCC(O)COP(=O)(O)OCC(COC(=O)CCCCC/C=C\C/C=C\C/C=C\C/C=C\C/C=C\CC)OC(=O)CCCCCCCCCCCCC. The Bertz CT molecular complexity index is 2300. The van der Waals surface area contributed by atoms with Crippen LogP contribution in [0.2, 0.25) is 0 Å². The quantitative estimate of drug-likeness (QED) is 0.0146. The van der Waals surface area contributed by atoms with Crippen LogP contribution in [0.25, 0.3) is 0 Å². The summed E-state index contributed by atoms with van der Waals surface area (Å²) in [4.78, 5) is 58.4. The fourth-order valence-corrected chi connectivity index (χ4v) is 11.3. The van der Waals surface area contributed by atoms with Gasteiger partial charge in [-0.3, -0.25) is 32.5 Å². The molecular formula is C79H134O16P2. The number of rotatable bonds is 70. The number of hydrogen-bond donors (Lipinski definition) is 4. The first-order chi connectivity index (χ1) is 47.2. The number of unbranched alkanes of at least 4 members (excludes halogenated alkanes) is 25. The highest BCUT2D eigenvalue weighted by atomic mass is 31.2. The predicted octanol–water partition coefficient (Wildman–Crippen LogP) is 21.5. The van der Waals surface area contributed by atoms with Crippen LogP contribution in [0.15, 0.2) is 134 Å². The van der Waals surface area contributed by atoms with Gasteiger partial charge in [0, 0.05) is 19.3 Å². The Morgan fingerprint density at radius 1 is 0.299 bits per heavy atom. The third-order valence-corrected chi connectivity index (χ3v) is 17.3. The second-order valence-electron chi connectivity index (χ2n) is 24.7. The van der Waals surface area contributed by atoms with Gasteiger partial charge in [0.1, 0.15) is 25.4 Å². The smallest absolute Gasteiger partial charge is 0.463 e. The standard InChI is InChI=1S/C79H134O16P2/c1-4-7-10-13-16-19-22-24-26-28-30-31-32-33-34-35-36-37-38-39-40-41-43-45-46-48-51-53-56-59-62-65-77(82)89-68-74(80)69-91-96(85,86)92-70-75(81)71-93-97(87,88)94-73-76(95-79(84)67-64-61-58-55-50-21-18-15-12-9-6-3)72-90-78(83)66-63-60-57-54-52-49-47-44-42-29-27-25-23-20-17-14-11-8-5-2/h7-8,10-11,16-17,19-20,24-27,30-31,33-34,36-37,42,44,49,52,74-76,80-81H,4-6,9,12-15,18,21-23,28-29,32,35,38-41,43,45-48,50-51,53-73H2,1-3H3,(H,85,86)(H,87,88)/b10-7-,11-8-,19-16-,20-17-,26-24-,27-25-,31-30-,34-33-,37-36-,44-42-,52-49-. The number of ether oxygens (including phenoxy) is 3. The number of hydrogen-bond acceptors (Lipinski definition) is 14. The maximum atomic E-state index is 12.9. The van der Waals surface area contributed by atoms with Crippen LogP contribution < -0.4 is 0 Å². The molecule has 16 nitrogen and oxygen atoms in total. The molecule has 5 atom stereocenters. The van der Waals surface area contributed by atoms with E-state index in [9.17, 15) is 43.5 Å². The Balaban J connectivity index is 4.44. The van der Waals surface area contributed by atoms with Crippen molar-refractivity contribution in [3.05, 3.63) is 134 Å². The van der Waals surface area contributed by atoms with Crippen LogP contribution >= 0.6 is 15.6 Å². The Morgan fingerprint density at radius 2 is 0.546 bits per heavy atom. The molecular weight excluding hydrogens is 1270 g/mol. The van der Waals surface area contributed by atoms with E-state index in [-0.39, 0.29) is 19.3 Å². The summed E-state index contributed by atoms with van der Waals surface area (Å²) in [6.45, 7) is 2.39. The van der Waals surface area contributed by atoms with Gasteiger partial charge in [0.25, 0.3) is 0 Å². The second-order valence-corrected chi connectivity index (χ2v) is 27.6. The fraction of sp³-hybridized carbons (Fsp3) is 0.684. The van der Waals surface area contributed by atoms with Gasteiger partial charge in [-0.1, -0.05) is 289 Å². The molecule has 0 aromatic heterocycles. The predicted molar refractivity (Wildman–Crippen MR) is 399 cm³/mol. The number of carbonyl (C=O) groups excluding carboxylic acids is 3. The number of phosphoric ester groups is 2. The summed E-state index contributed by atoms with van der Waals surface area (Å²) in [7, 11) is -9.79. The van der Waals surface area contributed by atoms with Crippen molar-refractivity contribution in [3.63, 3.8) is 0 Å². The lowest BCUT2D eigenvalue weighted by molar-refractivity contribution is -0.161. The summed E-state index contributed by atoms with van der Waals surface area (Å²) in [5.41, 5.74) is 0. The number of allylic oxidation sites excluding steroid dienone is 22. The van der Waals surface area contributed by atoms with Crippen molar-refractivity contribution < 1.29 is 75.8 Å². The molecule has 0 aliphatic rings. The monoisotopic (exact) mass is 1400 g/mol. The van der Waals surface area contributed by atoms with Gasteiger partial charge in [0.2, 0.25) is 0 Å². The zero-order valence-electron chi connectivity index (χ0n) is 60.5. The number of phosphoric acid groups is 2. The number of esters is 3. The number of carbonyl (C=O) groups is 3. The van der Waals surface area contributed by atoms with E-state index < -0.39 is 91.5 Å². The maximum Gasteiger partial charge on any atom is 0.472 e. The molecule has 4 N–H and O–H groups in total. The first-order valence-electron chi connectivity index (χ1n) is 37.5. The highest BCUT2D eigenvalue weighted by Crippen LogP contribution is 2.45. The van der Waals surface area contributed by atoms with Crippen molar-refractivity contribution in [1.29, 1.82) is 0 Å². The van der Waals surface area contributed by atoms with Crippen LogP contribution in [0.4, 0.5) is 0 Å². The molecule has 0 fully saturated rings. The van der Waals surface area contributed by atoms with Crippen LogP contribution in [0, 0.1) is 0 Å². The van der Waals surface area contributed by atoms with E-state index in [1.807, 2.05) is 0 Å². The lowest BCUT2D eigenvalue weighted by Crippen LogP contribution is -2.30.